The fourth-order valence-electron chi connectivity index (χ4n) is 0.923. The van der Waals surface area contributed by atoms with Crippen LogP contribution in [-0.4, -0.2) is 9.97 Å². The Hall–Kier alpha value is -1.29. The van der Waals surface area contributed by atoms with Gasteiger partial charge in [-0.05, 0) is 12.1 Å². The third kappa shape index (κ3) is 1.21. The van der Waals surface area contributed by atoms with E-state index in [4.69, 9.17) is 0 Å². The van der Waals surface area contributed by atoms with Crippen LogP contribution in [0.1, 0.15) is 0 Å². The lowest BCUT2D eigenvalue weighted by molar-refractivity contribution is 0.587. The highest BCUT2D eigenvalue weighted by Crippen LogP contribution is 2.19. The molecular weight excluding hydrogens is 175 g/mol. The van der Waals surface area contributed by atoms with Crippen LogP contribution in [0, 0.1) is 5.95 Å². The van der Waals surface area contributed by atoms with Crippen molar-refractivity contribution in [1.29, 1.82) is 0 Å². The van der Waals surface area contributed by atoms with Crippen molar-refractivity contribution in [3.05, 3.63) is 35.2 Å². The standard InChI is InChI=1S/C8H5FN2S/c9-8-6(2-1-3-10-8)7-4-12-5-11-7/h1-5H. The van der Waals surface area contributed by atoms with E-state index in [1.165, 1.54) is 17.5 Å². The van der Waals surface area contributed by atoms with E-state index in [1.807, 2.05) is 0 Å². The van der Waals surface area contributed by atoms with Crippen LogP contribution in [0.25, 0.3) is 11.3 Å². The lowest BCUT2D eigenvalue weighted by atomic mass is 10.2. The highest BCUT2D eigenvalue weighted by atomic mass is 32.1. The van der Waals surface area contributed by atoms with Crippen molar-refractivity contribution in [2.75, 3.05) is 0 Å². The molecule has 0 bridgehead atoms. The average molecular weight is 180 g/mol. The summed E-state index contributed by atoms with van der Waals surface area (Å²) in [6.45, 7) is 0. The molecule has 2 aromatic rings. The topological polar surface area (TPSA) is 25.8 Å². The highest BCUT2D eigenvalue weighted by Gasteiger charge is 2.05. The fraction of sp³-hybridized carbons (Fsp3) is 0. The van der Waals surface area contributed by atoms with E-state index < -0.39 is 5.95 Å². The first-order chi connectivity index (χ1) is 5.88. The Bertz CT molecular complexity index is 372. The van der Waals surface area contributed by atoms with Gasteiger partial charge in [-0.2, -0.15) is 4.39 Å². The van der Waals surface area contributed by atoms with Crippen molar-refractivity contribution in [2.24, 2.45) is 0 Å². The van der Waals surface area contributed by atoms with Gasteiger partial charge in [0.05, 0.1) is 16.8 Å². The molecule has 0 N–H and O–H groups in total. The summed E-state index contributed by atoms with van der Waals surface area (Å²) in [5.41, 5.74) is 2.77. The maximum absolute atomic E-state index is 13.0. The molecule has 0 saturated carbocycles. The number of halogens is 1. The van der Waals surface area contributed by atoms with E-state index in [0.717, 1.165) is 0 Å². The molecule has 0 radical (unpaired) electrons. The second-order valence-corrected chi connectivity index (χ2v) is 2.93. The molecule has 0 aromatic carbocycles. The van der Waals surface area contributed by atoms with Gasteiger partial charge in [-0.15, -0.1) is 11.3 Å². The maximum atomic E-state index is 13.0. The van der Waals surface area contributed by atoms with E-state index in [-0.39, 0.29) is 0 Å². The zero-order valence-electron chi connectivity index (χ0n) is 6.07. The van der Waals surface area contributed by atoms with Crippen LogP contribution in [0.3, 0.4) is 0 Å². The van der Waals surface area contributed by atoms with Crippen LogP contribution in [0.5, 0.6) is 0 Å². The molecule has 0 aliphatic heterocycles. The van der Waals surface area contributed by atoms with Crippen molar-refractivity contribution >= 4 is 11.3 Å². The van der Waals surface area contributed by atoms with Gasteiger partial charge in [0.25, 0.3) is 0 Å². The number of aromatic nitrogens is 2. The van der Waals surface area contributed by atoms with E-state index in [2.05, 4.69) is 9.97 Å². The van der Waals surface area contributed by atoms with Crippen LogP contribution < -0.4 is 0 Å². The molecule has 2 nitrogen and oxygen atoms in total. The van der Waals surface area contributed by atoms with Crippen molar-refractivity contribution in [3.8, 4) is 11.3 Å². The summed E-state index contributed by atoms with van der Waals surface area (Å²) in [6, 6.07) is 3.36. The van der Waals surface area contributed by atoms with Gasteiger partial charge >= 0.3 is 0 Å². The molecule has 0 unspecified atom stereocenters. The third-order valence-corrected chi connectivity index (χ3v) is 2.05. The molecule has 0 atom stereocenters. The van der Waals surface area contributed by atoms with E-state index in [0.29, 0.717) is 11.3 Å². The molecule has 2 heterocycles. The zero-order valence-corrected chi connectivity index (χ0v) is 6.88. The van der Waals surface area contributed by atoms with Crippen molar-refractivity contribution < 1.29 is 4.39 Å². The second kappa shape index (κ2) is 2.98. The first-order valence-corrected chi connectivity index (χ1v) is 4.31. The summed E-state index contributed by atoms with van der Waals surface area (Å²) < 4.78 is 13.0. The van der Waals surface area contributed by atoms with Crippen LogP contribution in [0.15, 0.2) is 29.2 Å². The van der Waals surface area contributed by atoms with Crippen LogP contribution in [-0.2, 0) is 0 Å². The lowest BCUT2D eigenvalue weighted by Gasteiger charge is -1.95. The molecule has 2 rings (SSSR count). The van der Waals surface area contributed by atoms with Gasteiger partial charge in [0.15, 0.2) is 0 Å². The number of nitrogens with zero attached hydrogens (tertiary/aromatic N) is 2. The predicted molar refractivity (Wildman–Crippen MR) is 45.3 cm³/mol. The number of pyridine rings is 1. The minimum Gasteiger partial charge on any atom is -0.245 e. The maximum Gasteiger partial charge on any atom is 0.222 e. The van der Waals surface area contributed by atoms with Crippen LogP contribution in [0.4, 0.5) is 4.39 Å². The number of rotatable bonds is 1. The molecule has 0 spiro atoms. The Morgan fingerprint density at radius 1 is 1.33 bits per heavy atom. The van der Waals surface area contributed by atoms with E-state index >= 15 is 0 Å². The molecule has 4 heteroatoms. The predicted octanol–water partition coefficient (Wildman–Crippen LogP) is 2.34. The van der Waals surface area contributed by atoms with E-state index in [1.54, 1.807) is 23.0 Å². The molecule has 2 aromatic heterocycles. The van der Waals surface area contributed by atoms with Gasteiger partial charge in [-0.3, -0.25) is 0 Å². The summed E-state index contributed by atoms with van der Waals surface area (Å²) in [6.07, 6.45) is 1.42. The Kier molecular flexibility index (Phi) is 1.83. The van der Waals surface area contributed by atoms with E-state index in [9.17, 15) is 4.39 Å². The Labute approximate surface area is 72.7 Å². The van der Waals surface area contributed by atoms with Crippen molar-refractivity contribution in [1.82, 2.24) is 9.97 Å². The summed E-state index contributed by atoms with van der Waals surface area (Å²) in [5, 5.41) is 1.79. The Morgan fingerprint density at radius 3 is 2.92 bits per heavy atom. The normalized spacial score (nSPS) is 10.1. The SMILES string of the molecule is Fc1ncccc1-c1cscn1. The monoisotopic (exact) mass is 180 g/mol. The summed E-state index contributed by atoms with van der Waals surface area (Å²) >= 11 is 1.44. The quantitative estimate of drug-likeness (QED) is 0.629. The molecule has 0 fully saturated rings. The van der Waals surface area contributed by atoms with Crippen LogP contribution in [0.2, 0.25) is 0 Å². The average Bonchev–Trinajstić information content (AvgIpc) is 2.57. The summed E-state index contributed by atoms with van der Waals surface area (Å²) in [4.78, 5) is 7.52. The Balaban J connectivity index is 2.55. The smallest absolute Gasteiger partial charge is 0.222 e. The van der Waals surface area contributed by atoms with Gasteiger partial charge in [-0.25, -0.2) is 9.97 Å². The first-order valence-electron chi connectivity index (χ1n) is 3.37. The highest BCUT2D eigenvalue weighted by molar-refractivity contribution is 7.07. The minimum absolute atomic E-state index is 0.457. The molecule has 0 aliphatic carbocycles. The summed E-state index contributed by atoms with van der Waals surface area (Å²) in [5.74, 6) is -0.469. The number of thiazole rings is 1. The fourth-order valence-corrected chi connectivity index (χ4v) is 1.47. The van der Waals surface area contributed by atoms with Gasteiger partial charge < -0.3 is 0 Å². The van der Waals surface area contributed by atoms with Gasteiger partial charge in [0, 0.05) is 11.6 Å². The third-order valence-electron chi connectivity index (χ3n) is 1.47. The Morgan fingerprint density at radius 2 is 2.25 bits per heavy atom. The molecule has 60 valence electrons. The zero-order chi connectivity index (χ0) is 8.39. The number of hydrogen-bond donors (Lipinski definition) is 0. The second-order valence-electron chi connectivity index (χ2n) is 2.22. The molecule has 0 amide bonds. The van der Waals surface area contributed by atoms with Gasteiger partial charge in [0.1, 0.15) is 0 Å². The number of hydrogen-bond acceptors (Lipinski definition) is 3. The van der Waals surface area contributed by atoms with Gasteiger partial charge in [0.2, 0.25) is 5.95 Å². The van der Waals surface area contributed by atoms with Gasteiger partial charge in [-0.1, -0.05) is 0 Å². The van der Waals surface area contributed by atoms with Crippen molar-refractivity contribution in [3.63, 3.8) is 0 Å². The first kappa shape index (κ1) is 7.36. The molecule has 0 saturated heterocycles. The molecular formula is C8H5FN2S. The van der Waals surface area contributed by atoms with Crippen LogP contribution >= 0.6 is 11.3 Å². The lowest BCUT2D eigenvalue weighted by Crippen LogP contribution is -1.86. The molecule has 12 heavy (non-hydrogen) atoms. The minimum atomic E-state index is -0.469. The summed E-state index contributed by atoms with van der Waals surface area (Å²) in [7, 11) is 0. The largest absolute Gasteiger partial charge is 0.245 e. The molecule has 0 aliphatic rings. The van der Waals surface area contributed by atoms with Crippen molar-refractivity contribution in [2.45, 2.75) is 0 Å².